The fourth-order valence-corrected chi connectivity index (χ4v) is 1.45. The predicted molar refractivity (Wildman–Crippen MR) is 53.5 cm³/mol. The highest BCUT2D eigenvalue weighted by Crippen LogP contribution is 2.18. The van der Waals surface area contributed by atoms with Crippen LogP contribution in [0.25, 0.3) is 0 Å². The Morgan fingerprint density at radius 1 is 1.62 bits per heavy atom. The maximum absolute atomic E-state index is 11.3. The minimum absolute atomic E-state index is 0.0881. The average molecular weight is 238 g/mol. The van der Waals surface area contributed by atoms with E-state index in [9.17, 15) is 4.79 Å². The van der Waals surface area contributed by atoms with Crippen molar-refractivity contribution in [3.63, 3.8) is 0 Å². The molecule has 1 aromatic rings. The van der Waals surface area contributed by atoms with Gasteiger partial charge in [0.25, 0.3) is 0 Å². The Balaban J connectivity index is 3.11. The topological polar surface area (TPSA) is 40.9 Å². The van der Waals surface area contributed by atoms with Crippen LogP contribution in [-0.2, 0) is 0 Å². The van der Waals surface area contributed by atoms with Crippen LogP contribution in [-0.4, -0.2) is 5.78 Å². The van der Waals surface area contributed by atoms with Gasteiger partial charge in [0.2, 0.25) is 0 Å². The van der Waals surface area contributed by atoms with Crippen molar-refractivity contribution in [1.29, 1.82) is 5.26 Å². The number of benzene rings is 1. The van der Waals surface area contributed by atoms with Crippen LogP contribution in [0.3, 0.4) is 0 Å². The molecule has 66 valence electrons. The van der Waals surface area contributed by atoms with Gasteiger partial charge in [-0.1, -0.05) is 13.0 Å². The summed E-state index contributed by atoms with van der Waals surface area (Å²) in [7, 11) is 0. The van der Waals surface area contributed by atoms with Gasteiger partial charge >= 0.3 is 0 Å². The Hall–Kier alpha value is -1.14. The van der Waals surface area contributed by atoms with Crippen LogP contribution >= 0.6 is 15.9 Å². The molecule has 0 N–H and O–H groups in total. The van der Waals surface area contributed by atoms with Gasteiger partial charge in [-0.2, -0.15) is 5.26 Å². The van der Waals surface area contributed by atoms with E-state index in [0.717, 1.165) is 0 Å². The van der Waals surface area contributed by atoms with Crippen molar-refractivity contribution in [2.75, 3.05) is 0 Å². The third kappa shape index (κ3) is 2.16. The molecule has 1 rings (SSSR count). The summed E-state index contributed by atoms with van der Waals surface area (Å²) in [6.45, 7) is 1.81. The van der Waals surface area contributed by atoms with E-state index in [1.165, 1.54) is 0 Å². The van der Waals surface area contributed by atoms with Gasteiger partial charge in [0.15, 0.2) is 5.78 Å². The molecule has 0 spiro atoms. The van der Waals surface area contributed by atoms with Crippen molar-refractivity contribution < 1.29 is 4.79 Å². The van der Waals surface area contributed by atoms with E-state index in [-0.39, 0.29) is 5.78 Å². The van der Waals surface area contributed by atoms with Crippen LogP contribution in [0.15, 0.2) is 22.7 Å². The van der Waals surface area contributed by atoms with Gasteiger partial charge < -0.3 is 0 Å². The van der Waals surface area contributed by atoms with Crippen LogP contribution < -0.4 is 0 Å². The van der Waals surface area contributed by atoms with Crippen molar-refractivity contribution in [3.8, 4) is 6.07 Å². The van der Waals surface area contributed by atoms with E-state index in [4.69, 9.17) is 5.26 Å². The molecular weight excluding hydrogens is 230 g/mol. The largest absolute Gasteiger partial charge is 0.294 e. The van der Waals surface area contributed by atoms with Gasteiger partial charge in [-0.3, -0.25) is 4.79 Å². The third-order valence-corrected chi connectivity index (χ3v) is 2.39. The molecule has 2 nitrogen and oxygen atoms in total. The van der Waals surface area contributed by atoms with Crippen molar-refractivity contribution in [3.05, 3.63) is 33.8 Å². The molecule has 0 fully saturated rings. The number of carbonyl (C=O) groups excluding carboxylic acids is 1. The number of carbonyl (C=O) groups is 1. The molecule has 0 radical (unpaired) electrons. The molecule has 0 saturated heterocycles. The number of hydrogen-bond acceptors (Lipinski definition) is 2. The van der Waals surface area contributed by atoms with Crippen LogP contribution in [0.1, 0.15) is 29.3 Å². The highest BCUT2D eigenvalue weighted by Gasteiger charge is 2.05. The molecule has 0 heterocycles. The minimum Gasteiger partial charge on any atom is -0.294 e. The molecule has 0 amide bonds. The fraction of sp³-hybridized carbons (Fsp3) is 0.200. The van der Waals surface area contributed by atoms with Crippen molar-refractivity contribution in [2.45, 2.75) is 13.3 Å². The lowest BCUT2D eigenvalue weighted by molar-refractivity contribution is 0.0988. The molecule has 13 heavy (non-hydrogen) atoms. The quantitative estimate of drug-likeness (QED) is 0.743. The maximum Gasteiger partial charge on any atom is 0.162 e. The van der Waals surface area contributed by atoms with Gasteiger partial charge in [0.05, 0.1) is 5.56 Å². The first-order chi connectivity index (χ1) is 6.19. The predicted octanol–water partition coefficient (Wildman–Crippen LogP) is 2.91. The van der Waals surface area contributed by atoms with Crippen molar-refractivity contribution in [1.82, 2.24) is 0 Å². The van der Waals surface area contributed by atoms with Gasteiger partial charge in [-0.05, 0) is 28.1 Å². The molecule has 3 heteroatoms. The highest BCUT2D eigenvalue weighted by atomic mass is 79.9. The Bertz CT molecular complexity index is 379. The second kappa shape index (κ2) is 4.20. The second-order valence-electron chi connectivity index (χ2n) is 2.58. The van der Waals surface area contributed by atoms with Gasteiger partial charge in [0, 0.05) is 16.5 Å². The molecule has 0 bridgehead atoms. The Kier molecular flexibility index (Phi) is 3.21. The summed E-state index contributed by atoms with van der Waals surface area (Å²) in [4.78, 5) is 11.3. The van der Waals surface area contributed by atoms with Gasteiger partial charge in [-0.15, -0.1) is 0 Å². The number of nitrogens with zero attached hydrogens (tertiary/aromatic N) is 1. The lowest BCUT2D eigenvalue weighted by Crippen LogP contribution is -1.96. The zero-order chi connectivity index (χ0) is 9.84. The lowest BCUT2D eigenvalue weighted by Gasteiger charge is -1.99. The van der Waals surface area contributed by atoms with Crippen molar-refractivity contribution >= 4 is 21.7 Å². The van der Waals surface area contributed by atoms with E-state index < -0.39 is 0 Å². The second-order valence-corrected chi connectivity index (χ2v) is 3.44. The van der Waals surface area contributed by atoms with Gasteiger partial charge in [0.1, 0.15) is 6.07 Å². The third-order valence-electron chi connectivity index (χ3n) is 1.73. The summed E-state index contributed by atoms with van der Waals surface area (Å²) in [5.41, 5.74) is 1.20. The number of rotatable bonds is 2. The SMILES string of the molecule is CCC(=O)c1ccc(C#N)c(Br)c1. The number of ketones is 1. The first-order valence-electron chi connectivity index (χ1n) is 3.92. The average Bonchev–Trinajstić information content (AvgIpc) is 2.16. The molecule has 0 atom stereocenters. The summed E-state index contributed by atoms with van der Waals surface area (Å²) in [6.07, 6.45) is 0.484. The Morgan fingerprint density at radius 2 is 2.31 bits per heavy atom. The molecule has 0 saturated carbocycles. The maximum atomic E-state index is 11.3. The summed E-state index contributed by atoms with van der Waals surface area (Å²) in [5, 5.41) is 8.64. The number of Topliss-reactive ketones (excluding diaryl/α,β-unsaturated/α-hetero) is 1. The lowest BCUT2D eigenvalue weighted by atomic mass is 10.1. The minimum atomic E-state index is 0.0881. The van der Waals surface area contributed by atoms with E-state index in [1.54, 1.807) is 18.2 Å². The molecule has 1 aromatic carbocycles. The van der Waals surface area contributed by atoms with Crippen molar-refractivity contribution in [2.24, 2.45) is 0 Å². The monoisotopic (exact) mass is 237 g/mol. The smallest absolute Gasteiger partial charge is 0.162 e. The summed E-state index contributed by atoms with van der Waals surface area (Å²) in [6, 6.07) is 7.03. The summed E-state index contributed by atoms with van der Waals surface area (Å²) in [5.74, 6) is 0.0881. The Morgan fingerprint density at radius 3 is 2.77 bits per heavy atom. The van der Waals surface area contributed by atoms with E-state index >= 15 is 0 Å². The zero-order valence-electron chi connectivity index (χ0n) is 7.17. The highest BCUT2D eigenvalue weighted by molar-refractivity contribution is 9.10. The van der Waals surface area contributed by atoms with Crippen LogP contribution in [0, 0.1) is 11.3 Å². The summed E-state index contributed by atoms with van der Waals surface area (Å²) < 4.78 is 0.675. The molecular formula is C10H8BrNO. The molecule has 0 aliphatic heterocycles. The number of nitriles is 1. The van der Waals surface area contributed by atoms with E-state index in [0.29, 0.717) is 22.0 Å². The number of hydrogen-bond donors (Lipinski definition) is 0. The normalized spacial score (nSPS) is 9.31. The first-order valence-corrected chi connectivity index (χ1v) is 4.71. The van der Waals surface area contributed by atoms with Gasteiger partial charge in [-0.25, -0.2) is 0 Å². The molecule has 0 aromatic heterocycles. The number of halogens is 1. The van der Waals surface area contributed by atoms with E-state index in [2.05, 4.69) is 15.9 Å². The summed E-state index contributed by atoms with van der Waals surface area (Å²) >= 11 is 3.23. The van der Waals surface area contributed by atoms with Crippen LogP contribution in [0.5, 0.6) is 0 Å². The molecule has 0 aliphatic carbocycles. The fourth-order valence-electron chi connectivity index (χ4n) is 0.983. The van der Waals surface area contributed by atoms with Crippen LogP contribution in [0.4, 0.5) is 0 Å². The Labute approximate surface area is 85.3 Å². The zero-order valence-corrected chi connectivity index (χ0v) is 8.76. The first kappa shape index (κ1) is 9.94. The molecule has 0 aliphatic rings. The molecule has 0 unspecified atom stereocenters. The standard InChI is InChI=1S/C10H8BrNO/c1-2-10(13)7-3-4-8(6-12)9(11)5-7/h3-5H,2H2,1H3. The van der Waals surface area contributed by atoms with E-state index in [1.807, 2.05) is 13.0 Å². The van der Waals surface area contributed by atoms with Crippen LogP contribution in [0.2, 0.25) is 0 Å².